The van der Waals surface area contributed by atoms with Crippen molar-refractivity contribution in [1.29, 1.82) is 0 Å². The molecule has 8 heteroatoms. The number of carbonyl (C=O) groups is 2. The normalized spacial score (nSPS) is 16.0. The van der Waals surface area contributed by atoms with E-state index in [0.29, 0.717) is 24.3 Å². The number of hydrogen-bond donors (Lipinski definition) is 0. The number of nitrogens with zero attached hydrogens (tertiary/aromatic N) is 2. The van der Waals surface area contributed by atoms with Gasteiger partial charge in [0.1, 0.15) is 0 Å². The third-order valence-electron chi connectivity index (χ3n) is 5.58. The number of sulfone groups is 1. The van der Waals surface area contributed by atoms with Gasteiger partial charge in [0.05, 0.1) is 28.6 Å². The fraction of sp³-hybridized carbons (Fsp3) is 0.250. The van der Waals surface area contributed by atoms with Gasteiger partial charge in [-0.15, -0.1) is 0 Å². The van der Waals surface area contributed by atoms with Gasteiger partial charge in [0, 0.05) is 19.2 Å². The molecular weight excluding hydrogens is 428 g/mol. The molecule has 0 fully saturated rings. The molecule has 0 N–H and O–H groups in total. The first-order chi connectivity index (χ1) is 15.2. The highest BCUT2D eigenvalue weighted by molar-refractivity contribution is 7.90. The Bertz CT molecular complexity index is 1260. The molecule has 0 radical (unpaired) electrons. The zero-order valence-electron chi connectivity index (χ0n) is 18.1. The molecule has 3 aromatic rings. The van der Waals surface area contributed by atoms with E-state index in [1.165, 1.54) is 12.5 Å². The number of amides is 2. The Morgan fingerprint density at radius 2 is 1.72 bits per heavy atom. The standard InChI is InChI=1S/C24H24N2O5S/c1-4-23(27)26-16(2)15-25(24(28)22-6-5-13-31-22)21-14-18(9-12-20(21)26)17-7-10-19(11-8-17)32(3,29)30/h5-14,16H,4,15H2,1-3H3/t16-/m0/s1. The average Bonchev–Trinajstić information content (AvgIpc) is 3.32. The fourth-order valence-electron chi connectivity index (χ4n) is 3.98. The molecule has 1 aromatic heterocycles. The molecule has 0 aliphatic carbocycles. The van der Waals surface area contributed by atoms with E-state index in [2.05, 4.69) is 0 Å². The van der Waals surface area contributed by atoms with Crippen molar-refractivity contribution in [1.82, 2.24) is 0 Å². The number of carbonyl (C=O) groups excluding carboxylic acids is 2. The molecule has 32 heavy (non-hydrogen) atoms. The number of rotatable bonds is 4. The van der Waals surface area contributed by atoms with Gasteiger partial charge < -0.3 is 14.2 Å². The number of hydrogen-bond acceptors (Lipinski definition) is 5. The monoisotopic (exact) mass is 452 g/mol. The molecule has 166 valence electrons. The molecule has 0 saturated carbocycles. The van der Waals surface area contributed by atoms with Crippen LogP contribution >= 0.6 is 0 Å². The predicted molar refractivity (Wildman–Crippen MR) is 123 cm³/mol. The first-order valence-corrected chi connectivity index (χ1v) is 12.2. The van der Waals surface area contributed by atoms with E-state index >= 15 is 0 Å². The van der Waals surface area contributed by atoms with E-state index in [4.69, 9.17) is 4.42 Å². The van der Waals surface area contributed by atoms with Gasteiger partial charge in [-0.25, -0.2) is 8.42 Å². The van der Waals surface area contributed by atoms with Gasteiger partial charge in [-0.1, -0.05) is 25.1 Å². The topological polar surface area (TPSA) is 87.9 Å². The Hall–Kier alpha value is -3.39. The number of fused-ring (bicyclic) bond motifs is 1. The van der Waals surface area contributed by atoms with Gasteiger partial charge in [0.25, 0.3) is 5.91 Å². The highest BCUT2D eigenvalue weighted by Gasteiger charge is 2.35. The molecule has 0 spiro atoms. The summed E-state index contributed by atoms with van der Waals surface area (Å²) in [5, 5.41) is 0. The predicted octanol–water partition coefficient (Wildman–Crippen LogP) is 4.14. The fourth-order valence-corrected chi connectivity index (χ4v) is 4.61. The van der Waals surface area contributed by atoms with Crippen molar-refractivity contribution in [3.63, 3.8) is 0 Å². The molecule has 1 aliphatic rings. The maximum Gasteiger partial charge on any atom is 0.294 e. The summed E-state index contributed by atoms with van der Waals surface area (Å²) in [5.41, 5.74) is 2.88. The lowest BCUT2D eigenvalue weighted by Crippen LogP contribution is -2.51. The van der Waals surface area contributed by atoms with Crippen LogP contribution in [0.15, 0.2) is 70.2 Å². The van der Waals surface area contributed by atoms with Crippen LogP contribution in [0.2, 0.25) is 0 Å². The molecular formula is C24H24N2O5S. The van der Waals surface area contributed by atoms with Crippen molar-refractivity contribution < 1.29 is 22.4 Å². The summed E-state index contributed by atoms with van der Waals surface area (Å²) in [6.45, 7) is 4.05. The van der Waals surface area contributed by atoms with E-state index in [0.717, 1.165) is 11.1 Å². The van der Waals surface area contributed by atoms with Crippen molar-refractivity contribution in [2.24, 2.45) is 0 Å². The van der Waals surface area contributed by atoms with E-state index in [1.807, 2.05) is 32.0 Å². The Morgan fingerprint density at radius 1 is 1.03 bits per heavy atom. The summed E-state index contributed by atoms with van der Waals surface area (Å²) >= 11 is 0. The molecule has 1 atom stereocenters. The van der Waals surface area contributed by atoms with Gasteiger partial charge >= 0.3 is 0 Å². The first kappa shape index (κ1) is 21.8. The average molecular weight is 453 g/mol. The minimum atomic E-state index is -3.29. The van der Waals surface area contributed by atoms with Crippen molar-refractivity contribution >= 4 is 33.0 Å². The van der Waals surface area contributed by atoms with Crippen LogP contribution in [0.5, 0.6) is 0 Å². The van der Waals surface area contributed by atoms with Gasteiger partial charge in [0.15, 0.2) is 15.6 Å². The lowest BCUT2D eigenvalue weighted by Gasteiger charge is -2.41. The Kier molecular flexibility index (Phi) is 5.64. The van der Waals surface area contributed by atoms with E-state index in [9.17, 15) is 18.0 Å². The summed E-state index contributed by atoms with van der Waals surface area (Å²) in [6, 6.07) is 15.2. The largest absolute Gasteiger partial charge is 0.459 e. The lowest BCUT2D eigenvalue weighted by atomic mass is 10.00. The number of furan rings is 1. The molecule has 2 heterocycles. The van der Waals surface area contributed by atoms with E-state index in [-0.39, 0.29) is 28.5 Å². The summed E-state index contributed by atoms with van der Waals surface area (Å²) in [7, 11) is -3.29. The molecule has 1 aliphatic heterocycles. The third kappa shape index (κ3) is 3.93. The van der Waals surface area contributed by atoms with Crippen molar-refractivity contribution in [3.05, 3.63) is 66.6 Å². The van der Waals surface area contributed by atoms with Crippen LogP contribution < -0.4 is 9.80 Å². The second-order valence-corrected chi connectivity index (χ2v) is 9.88. The molecule has 2 aromatic carbocycles. The maximum absolute atomic E-state index is 13.2. The molecule has 0 saturated heterocycles. The minimum absolute atomic E-state index is 0.0193. The van der Waals surface area contributed by atoms with Crippen LogP contribution in [0.25, 0.3) is 11.1 Å². The van der Waals surface area contributed by atoms with Gasteiger partial charge in [-0.3, -0.25) is 9.59 Å². The Balaban J connectivity index is 1.82. The van der Waals surface area contributed by atoms with Crippen LogP contribution in [0.1, 0.15) is 30.8 Å². The first-order valence-electron chi connectivity index (χ1n) is 10.3. The van der Waals surface area contributed by atoms with E-state index < -0.39 is 9.84 Å². The van der Waals surface area contributed by atoms with Crippen LogP contribution in [0, 0.1) is 0 Å². The van der Waals surface area contributed by atoms with Gasteiger partial charge in [0.2, 0.25) is 5.91 Å². The molecule has 0 bridgehead atoms. The van der Waals surface area contributed by atoms with Crippen LogP contribution in [-0.4, -0.2) is 39.1 Å². The molecule has 0 unspecified atom stereocenters. The second-order valence-electron chi connectivity index (χ2n) is 7.86. The molecule has 2 amide bonds. The van der Waals surface area contributed by atoms with Crippen LogP contribution in [0.3, 0.4) is 0 Å². The minimum Gasteiger partial charge on any atom is -0.459 e. The van der Waals surface area contributed by atoms with Crippen LogP contribution in [0.4, 0.5) is 11.4 Å². The zero-order chi connectivity index (χ0) is 23.0. The van der Waals surface area contributed by atoms with Gasteiger partial charge in [-0.2, -0.15) is 0 Å². The third-order valence-corrected chi connectivity index (χ3v) is 6.71. The highest BCUT2D eigenvalue weighted by atomic mass is 32.2. The Morgan fingerprint density at radius 3 is 2.31 bits per heavy atom. The SMILES string of the molecule is CCC(=O)N1c2ccc(-c3ccc(S(C)(=O)=O)cc3)cc2N(C(=O)c2ccco2)C[C@@H]1C. The Labute approximate surface area is 187 Å². The number of anilines is 2. The molecule has 7 nitrogen and oxygen atoms in total. The van der Waals surface area contributed by atoms with Crippen molar-refractivity contribution in [2.75, 3.05) is 22.6 Å². The van der Waals surface area contributed by atoms with E-state index in [1.54, 1.807) is 46.2 Å². The summed E-state index contributed by atoms with van der Waals surface area (Å²) in [6.07, 6.45) is 2.97. The van der Waals surface area contributed by atoms with Crippen molar-refractivity contribution in [3.8, 4) is 11.1 Å². The summed E-state index contributed by atoms with van der Waals surface area (Å²) in [4.78, 5) is 29.5. The molecule has 4 rings (SSSR count). The second kappa shape index (κ2) is 8.27. The smallest absolute Gasteiger partial charge is 0.294 e. The number of benzene rings is 2. The lowest BCUT2D eigenvalue weighted by molar-refractivity contribution is -0.118. The maximum atomic E-state index is 13.2. The summed E-state index contributed by atoms with van der Waals surface area (Å²) < 4.78 is 28.9. The van der Waals surface area contributed by atoms with Crippen LogP contribution in [-0.2, 0) is 14.6 Å². The van der Waals surface area contributed by atoms with Crippen molar-refractivity contribution in [2.45, 2.75) is 31.2 Å². The highest BCUT2D eigenvalue weighted by Crippen LogP contribution is 2.40. The summed E-state index contributed by atoms with van der Waals surface area (Å²) in [5.74, 6) is -0.0771. The zero-order valence-corrected chi connectivity index (χ0v) is 18.9. The van der Waals surface area contributed by atoms with Gasteiger partial charge in [-0.05, 0) is 54.4 Å². The quantitative estimate of drug-likeness (QED) is 0.594.